The number of pyridine rings is 1. The van der Waals surface area contributed by atoms with Crippen molar-refractivity contribution in [3.63, 3.8) is 0 Å². The normalized spacial score (nSPS) is 25.9. The van der Waals surface area contributed by atoms with Crippen LogP contribution in [0.4, 0.5) is 0 Å². The Labute approximate surface area is 244 Å². The molecule has 218 valence electrons. The van der Waals surface area contributed by atoms with Crippen LogP contribution >= 0.6 is 0 Å². The van der Waals surface area contributed by atoms with Crippen LogP contribution in [0, 0.1) is 23.2 Å². The van der Waals surface area contributed by atoms with E-state index in [2.05, 4.69) is 4.98 Å². The summed E-state index contributed by atoms with van der Waals surface area (Å²) in [7, 11) is 0. The number of fused-ring (bicyclic) bond motifs is 2. The summed E-state index contributed by atoms with van der Waals surface area (Å²) in [5, 5.41) is 9.15. The number of nitrogens with zero attached hydrogens (tertiary/aromatic N) is 2. The molecule has 0 amide bonds. The lowest BCUT2D eigenvalue weighted by Gasteiger charge is -2.55. The van der Waals surface area contributed by atoms with E-state index in [9.17, 15) is 14.4 Å². The molecule has 6 atom stereocenters. The molecule has 1 aliphatic heterocycles. The van der Waals surface area contributed by atoms with E-state index in [-0.39, 0.29) is 23.7 Å². The van der Waals surface area contributed by atoms with Crippen molar-refractivity contribution in [2.45, 2.75) is 77.1 Å². The lowest BCUT2D eigenvalue weighted by atomic mass is 9.59. The maximum atomic E-state index is 13.4. The van der Waals surface area contributed by atoms with E-state index in [1.807, 2.05) is 33.8 Å². The fourth-order valence-electron chi connectivity index (χ4n) is 6.59. The second-order valence-electron chi connectivity index (χ2n) is 11.6. The Morgan fingerprint density at radius 2 is 1.95 bits per heavy atom. The van der Waals surface area contributed by atoms with Crippen LogP contribution in [-0.4, -0.2) is 34.2 Å². The molecule has 9 nitrogen and oxygen atoms in total. The van der Waals surface area contributed by atoms with Crippen molar-refractivity contribution in [3.8, 4) is 23.1 Å². The van der Waals surface area contributed by atoms with Gasteiger partial charge in [0.05, 0.1) is 22.8 Å². The molecule has 1 aromatic carbocycles. The van der Waals surface area contributed by atoms with Crippen LogP contribution in [0.25, 0.3) is 11.3 Å². The highest BCUT2D eigenvalue weighted by Crippen LogP contribution is 2.55. The molecule has 5 rings (SSSR count). The monoisotopic (exact) mass is 570 g/mol. The number of hydrogen-bond acceptors (Lipinski definition) is 9. The van der Waals surface area contributed by atoms with Crippen molar-refractivity contribution >= 4 is 11.9 Å². The quantitative estimate of drug-likeness (QED) is 0.337. The highest BCUT2D eigenvalue weighted by atomic mass is 16.6. The summed E-state index contributed by atoms with van der Waals surface area (Å²) in [6, 6.07) is 13.5. The molecule has 2 aliphatic rings. The lowest BCUT2D eigenvalue weighted by Crippen LogP contribution is -2.62. The van der Waals surface area contributed by atoms with E-state index < -0.39 is 28.9 Å². The molecule has 9 heteroatoms. The summed E-state index contributed by atoms with van der Waals surface area (Å²) in [6.07, 6.45) is 4.01. The topological polar surface area (TPSA) is 129 Å². The minimum Gasteiger partial charge on any atom is -0.483 e. The molecule has 0 saturated heterocycles. The van der Waals surface area contributed by atoms with Crippen LogP contribution in [0.2, 0.25) is 0 Å². The van der Waals surface area contributed by atoms with Crippen LogP contribution < -0.4 is 10.4 Å². The summed E-state index contributed by atoms with van der Waals surface area (Å²) in [4.78, 5) is 43.1. The summed E-state index contributed by atoms with van der Waals surface area (Å²) in [6.45, 7) is 9.12. The van der Waals surface area contributed by atoms with E-state index in [0.29, 0.717) is 53.0 Å². The molecular weight excluding hydrogens is 536 g/mol. The summed E-state index contributed by atoms with van der Waals surface area (Å²) >= 11 is 0. The van der Waals surface area contributed by atoms with Crippen molar-refractivity contribution in [1.82, 2.24) is 4.98 Å². The van der Waals surface area contributed by atoms with Gasteiger partial charge >= 0.3 is 17.6 Å². The van der Waals surface area contributed by atoms with E-state index >= 15 is 0 Å². The Bertz CT molecular complexity index is 1590. The summed E-state index contributed by atoms with van der Waals surface area (Å²) in [5.41, 5.74) is -0.523. The van der Waals surface area contributed by atoms with Gasteiger partial charge in [0.1, 0.15) is 28.8 Å². The van der Waals surface area contributed by atoms with Gasteiger partial charge in [-0.1, -0.05) is 13.8 Å². The summed E-state index contributed by atoms with van der Waals surface area (Å²) in [5.74, 6) is -0.993. The molecule has 42 heavy (non-hydrogen) atoms. The van der Waals surface area contributed by atoms with Gasteiger partial charge in [0.25, 0.3) is 0 Å². The van der Waals surface area contributed by atoms with Crippen LogP contribution in [0.3, 0.4) is 0 Å². The Morgan fingerprint density at radius 3 is 2.57 bits per heavy atom. The van der Waals surface area contributed by atoms with Gasteiger partial charge in [-0.25, -0.2) is 9.59 Å². The molecule has 1 aliphatic carbocycles. The standard InChI is InChI=1S/C33H34N2O7/c1-6-32(4,41-20(3)36)24-14-25-19(2)29-27(16-26(39-31(29)38)23-8-7-13-35-18-23)42-33(25,5)28(15-24)40-30(37)22-11-9-21(17-34)10-12-22/h7-13,16,18-19,24-25,28H,6,14-15H2,1-5H3/t19?,24-,25-,28-,32?,33-/m0/s1. The van der Waals surface area contributed by atoms with Crippen molar-refractivity contribution in [2.24, 2.45) is 11.8 Å². The number of nitriles is 1. The zero-order chi connectivity index (χ0) is 30.2. The van der Waals surface area contributed by atoms with Gasteiger partial charge in [-0.3, -0.25) is 9.78 Å². The van der Waals surface area contributed by atoms with Gasteiger partial charge in [-0.05, 0) is 75.4 Å². The third kappa shape index (κ3) is 5.18. The zero-order valence-corrected chi connectivity index (χ0v) is 24.4. The van der Waals surface area contributed by atoms with Gasteiger partial charge in [0.2, 0.25) is 0 Å². The molecule has 2 unspecified atom stereocenters. The van der Waals surface area contributed by atoms with Crippen LogP contribution in [0.5, 0.6) is 5.75 Å². The van der Waals surface area contributed by atoms with E-state index in [0.717, 1.165) is 0 Å². The Kier molecular flexibility index (Phi) is 7.67. The van der Waals surface area contributed by atoms with E-state index in [4.69, 9.17) is 23.9 Å². The molecule has 0 radical (unpaired) electrons. The fourth-order valence-corrected chi connectivity index (χ4v) is 6.59. The average molecular weight is 571 g/mol. The van der Waals surface area contributed by atoms with Crippen LogP contribution in [0.15, 0.2) is 64.1 Å². The van der Waals surface area contributed by atoms with E-state index in [1.54, 1.807) is 54.9 Å². The molecule has 0 bridgehead atoms. The van der Waals surface area contributed by atoms with Gasteiger partial charge in [0.15, 0.2) is 0 Å². The molecule has 3 aromatic rings. The first-order valence-electron chi connectivity index (χ1n) is 14.2. The molecule has 0 spiro atoms. The predicted octanol–water partition coefficient (Wildman–Crippen LogP) is 5.81. The molecular formula is C33H34N2O7. The van der Waals surface area contributed by atoms with Crippen molar-refractivity contribution in [2.75, 3.05) is 0 Å². The third-order valence-corrected chi connectivity index (χ3v) is 9.14. The van der Waals surface area contributed by atoms with Crippen LogP contribution in [-0.2, 0) is 14.3 Å². The zero-order valence-electron chi connectivity index (χ0n) is 24.4. The fraction of sp³-hybridized carbons (Fsp3) is 0.424. The van der Waals surface area contributed by atoms with Crippen molar-refractivity contribution in [3.05, 3.63) is 82.0 Å². The second kappa shape index (κ2) is 11.1. The lowest BCUT2D eigenvalue weighted by molar-refractivity contribution is -0.184. The maximum Gasteiger partial charge on any atom is 0.343 e. The van der Waals surface area contributed by atoms with Gasteiger partial charge in [-0.2, -0.15) is 5.26 Å². The van der Waals surface area contributed by atoms with E-state index in [1.165, 1.54) is 6.92 Å². The Morgan fingerprint density at radius 1 is 1.21 bits per heavy atom. The minimum atomic E-state index is -1.00. The number of carbonyl (C=O) groups is 2. The molecule has 1 saturated carbocycles. The number of aromatic nitrogens is 1. The van der Waals surface area contributed by atoms with Gasteiger partial charge in [0, 0.05) is 42.8 Å². The smallest absolute Gasteiger partial charge is 0.343 e. The number of esters is 2. The largest absolute Gasteiger partial charge is 0.483 e. The Hall–Kier alpha value is -4.45. The maximum absolute atomic E-state index is 13.4. The number of carbonyl (C=O) groups excluding carboxylic acids is 2. The number of benzene rings is 1. The molecule has 2 aromatic heterocycles. The third-order valence-electron chi connectivity index (χ3n) is 9.14. The SMILES string of the molecule is CCC(C)(OC(C)=O)[C@@H]1C[C@H](OC(=O)c2ccc(C#N)cc2)[C@@]2(C)Oc3cc(-c4cccnc4)oc(=O)c3C(C)[C@@H]2C1. The van der Waals surface area contributed by atoms with Crippen LogP contribution in [0.1, 0.15) is 81.3 Å². The molecule has 0 N–H and O–H groups in total. The number of hydrogen-bond donors (Lipinski definition) is 0. The molecule has 1 fully saturated rings. The second-order valence-corrected chi connectivity index (χ2v) is 11.6. The summed E-state index contributed by atoms with van der Waals surface area (Å²) < 4.78 is 24.5. The van der Waals surface area contributed by atoms with Crippen molar-refractivity contribution in [1.29, 1.82) is 5.26 Å². The van der Waals surface area contributed by atoms with Gasteiger partial charge < -0.3 is 18.6 Å². The number of rotatable bonds is 6. The van der Waals surface area contributed by atoms with Crippen molar-refractivity contribution < 1.29 is 28.2 Å². The highest BCUT2D eigenvalue weighted by Gasteiger charge is 2.59. The first-order chi connectivity index (χ1) is 20.0. The average Bonchev–Trinajstić information content (AvgIpc) is 2.97. The molecule has 3 heterocycles. The van der Waals surface area contributed by atoms with Gasteiger partial charge in [-0.15, -0.1) is 0 Å². The first-order valence-corrected chi connectivity index (χ1v) is 14.2. The number of ether oxygens (including phenoxy) is 3. The Balaban J connectivity index is 1.57. The first kappa shape index (κ1) is 29.1. The minimum absolute atomic E-state index is 0.183. The predicted molar refractivity (Wildman–Crippen MR) is 153 cm³/mol. The highest BCUT2D eigenvalue weighted by molar-refractivity contribution is 5.89.